The molecule has 1 rings (SSSR count). The van der Waals surface area contributed by atoms with E-state index in [4.69, 9.17) is 5.73 Å². The molecule has 1 unspecified atom stereocenters. The largest absolute Gasteiger partial charge is 0.352 e. The molecular weight excluding hydrogens is 224 g/mol. The summed E-state index contributed by atoms with van der Waals surface area (Å²) in [7, 11) is 0. The zero-order valence-corrected chi connectivity index (χ0v) is 11.4. The van der Waals surface area contributed by atoms with Gasteiger partial charge in [-0.25, -0.2) is 0 Å². The van der Waals surface area contributed by atoms with Crippen LogP contribution in [-0.2, 0) is 11.3 Å². The van der Waals surface area contributed by atoms with Crippen molar-refractivity contribution in [2.75, 3.05) is 6.54 Å². The predicted molar refractivity (Wildman–Crippen MR) is 74.9 cm³/mol. The first-order valence-corrected chi connectivity index (χ1v) is 6.62. The number of nitrogens with one attached hydrogen (secondary N) is 1. The van der Waals surface area contributed by atoms with Gasteiger partial charge in [0.25, 0.3) is 0 Å². The minimum absolute atomic E-state index is 0.0925. The minimum atomic E-state index is 0.0925. The maximum absolute atomic E-state index is 11.8. The van der Waals surface area contributed by atoms with Gasteiger partial charge in [-0.1, -0.05) is 44.2 Å². The van der Waals surface area contributed by atoms with Crippen LogP contribution in [0.3, 0.4) is 0 Å². The lowest BCUT2D eigenvalue weighted by molar-refractivity contribution is -0.122. The molecule has 0 spiro atoms. The van der Waals surface area contributed by atoms with Crippen molar-refractivity contribution in [1.82, 2.24) is 5.32 Å². The first kappa shape index (κ1) is 14.7. The Kier molecular flexibility index (Phi) is 6.44. The van der Waals surface area contributed by atoms with Crippen LogP contribution >= 0.6 is 0 Å². The van der Waals surface area contributed by atoms with Gasteiger partial charge in [0, 0.05) is 13.0 Å². The Bertz CT molecular complexity index is 349. The molecule has 3 nitrogen and oxygen atoms in total. The maximum atomic E-state index is 11.8. The van der Waals surface area contributed by atoms with E-state index in [-0.39, 0.29) is 5.91 Å². The molecule has 0 saturated heterocycles. The molecule has 1 aromatic rings. The first-order chi connectivity index (χ1) is 8.61. The summed E-state index contributed by atoms with van der Waals surface area (Å²) in [5, 5.41) is 2.94. The minimum Gasteiger partial charge on any atom is -0.352 e. The van der Waals surface area contributed by atoms with E-state index in [0.29, 0.717) is 31.3 Å². The maximum Gasteiger partial charge on any atom is 0.220 e. The summed E-state index contributed by atoms with van der Waals surface area (Å²) in [5.41, 5.74) is 6.82. The monoisotopic (exact) mass is 248 g/mol. The number of carbonyl (C=O) groups excluding carboxylic acids is 1. The Balaban J connectivity index is 2.32. The fourth-order valence-corrected chi connectivity index (χ4v) is 2.06. The summed E-state index contributed by atoms with van der Waals surface area (Å²) >= 11 is 0. The fourth-order valence-electron chi connectivity index (χ4n) is 2.06. The van der Waals surface area contributed by atoms with Crippen LogP contribution in [0.5, 0.6) is 0 Å². The van der Waals surface area contributed by atoms with Crippen LogP contribution in [0, 0.1) is 11.8 Å². The van der Waals surface area contributed by atoms with Crippen molar-refractivity contribution in [3.63, 3.8) is 0 Å². The first-order valence-electron chi connectivity index (χ1n) is 6.62. The molecule has 18 heavy (non-hydrogen) atoms. The van der Waals surface area contributed by atoms with Crippen LogP contribution in [-0.4, -0.2) is 12.5 Å². The van der Waals surface area contributed by atoms with E-state index in [0.717, 1.165) is 12.0 Å². The van der Waals surface area contributed by atoms with Crippen molar-refractivity contribution >= 4 is 5.91 Å². The summed E-state index contributed by atoms with van der Waals surface area (Å²) < 4.78 is 0. The number of nitrogens with two attached hydrogens (primary N) is 1. The lowest BCUT2D eigenvalue weighted by atomic mass is 9.94. The summed E-state index contributed by atoms with van der Waals surface area (Å²) in [4.78, 5) is 11.8. The Morgan fingerprint density at radius 3 is 2.50 bits per heavy atom. The zero-order valence-electron chi connectivity index (χ0n) is 11.4. The third kappa shape index (κ3) is 5.82. The van der Waals surface area contributed by atoms with Crippen molar-refractivity contribution in [1.29, 1.82) is 0 Å². The van der Waals surface area contributed by atoms with Gasteiger partial charge in [0.05, 0.1) is 0 Å². The number of benzene rings is 1. The van der Waals surface area contributed by atoms with Crippen LogP contribution in [0.2, 0.25) is 0 Å². The highest BCUT2D eigenvalue weighted by atomic mass is 16.1. The third-order valence-corrected chi connectivity index (χ3v) is 2.94. The number of carbonyl (C=O) groups is 1. The van der Waals surface area contributed by atoms with E-state index in [2.05, 4.69) is 19.2 Å². The fraction of sp³-hybridized carbons (Fsp3) is 0.533. The highest BCUT2D eigenvalue weighted by molar-refractivity contribution is 5.76. The number of hydrogen-bond acceptors (Lipinski definition) is 2. The molecule has 100 valence electrons. The van der Waals surface area contributed by atoms with E-state index in [1.807, 2.05) is 30.3 Å². The van der Waals surface area contributed by atoms with E-state index >= 15 is 0 Å². The molecule has 0 aliphatic carbocycles. The Morgan fingerprint density at radius 1 is 1.28 bits per heavy atom. The van der Waals surface area contributed by atoms with Crippen LogP contribution in [0.4, 0.5) is 0 Å². The zero-order chi connectivity index (χ0) is 13.4. The Labute approximate surface area is 110 Å². The summed E-state index contributed by atoms with van der Waals surface area (Å²) in [5.74, 6) is 0.969. The van der Waals surface area contributed by atoms with Crippen LogP contribution < -0.4 is 11.1 Å². The summed E-state index contributed by atoms with van der Waals surface area (Å²) in [6.45, 7) is 5.49. The molecule has 1 atom stereocenters. The molecule has 3 heteroatoms. The third-order valence-electron chi connectivity index (χ3n) is 2.94. The predicted octanol–water partition coefficient (Wildman–Crippen LogP) is 2.31. The van der Waals surface area contributed by atoms with E-state index < -0.39 is 0 Å². The van der Waals surface area contributed by atoms with Gasteiger partial charge in [-0.05, 0) is 30.4 Å². The van der Waals surface area contributed by atoms with Gasteiger partial charge in [-0.2, -0.15) is 0 Å². The van der Waals surface area contributed by atoms with Gasteiger partial charge >= 0.3 is 0 Å². The van der Waals surface area contributed by atoms with E-state index in [9.17, 15) is 4.79 Å². The lowest BCUT2D eigenvalue weighted by Crippen LogP contribution is -2.28. The van der Waals surface area contributed by atoms with E-state index in [1.165, 1.54) is 0 Å². The average Bonchev–Trinajstić information content (AvgIpc) is 2.36. The molecular formula is C15H24N2O. The second-order valence-corrected chi connectivity index (χ2v) is 5.20. The second-order valence-electron chi connectivity index (χ2n) is 5.20. The molecule has 0 heterocycles. The smallest absolute Gasteiger partial charge is 0.220 e. The molecule has 0 radical (unpaired) electrons. The molecule has 0 saturated carbocycles. The van der Waals surface area contributed by atoms with Crippen LogP contribution in [0.15, 0.2) is 30.3 Å². The highest BCUT2D eigenvalue weighted by Gasteiger charge is 2.13. The molecule has 0 aromatic heterocycles. The molecule has 1 aromatic carbocycles. The summed E-state index contributed by atoms with van der Waals surface area (Å²) in [6.07, 6.45) is 1.54. The molecule has 0 fully saturated rings. The van der Waals surface area contributed by atoms with Crippen molar-refractivity contribution in [2.24, 2.45) is 17.6 Å². The Morgan fingerprint density at radius 2 is 1.94 bits per heavy atom. The SMILES string of the molecule is CC(C)CC(CN)CC(=O)NCc1ccccc1. The van der Waals surface area contributed by atoms with Crippen molar-refractivity contribution in [3.8, 4) is 0 Å². The topological polar surface area (TPSA) is 55.1 Å². The highest BCUT2D eigenvalue weighted by Crippen LogP contribution is 2.14. The van der Waals surface area contributed by atoms with Crippen molar-refractivity contribution in [3.05, 3.63) is 35.9 Å². The normalized spacial score (nSPS) is 12.4. The van der Waals surface area contributed by atoms with Gasteiger partial charge in [-0.3, -0.25) is 4.79 Å². The molecule has 3 N–H and O–H groups in total. The second kappa shape index (κ2) is 7.88. The van der Waals surface area contributed by atoms with E-state index in [1.54, 1.807) is 0 Å². The number of amides is 1. The van der Waals surface area contributed by atoms with Crippen molar-refractivity contribution < 1.29 is 4.79 Å². The Hall–Kier alpha value is -1.35. The van der Waals surface area contributed by atoms with Crippen LogP contribution in [0.25, 0.3) is 0 Å². The standard InChI is InChI=1S/C15H24N2O/c1-12(2)8-14(10-16)9-15(18)17-11-13-6-4-3-5-7-13/h3-7,12,14H,8-11,16H2,1-2H3,(H,17,18). The summed E-state index contributed by atoms with van der Waals surface area (Å²) in [6, 6.07) is 9.94. The van der Waals surface area contributed by atoms with Gasteiger partial charge in [0.2, 0.25) is 5.91 Å². The molecule has 0 aliphatic rings. The van der Waals surface area contributed by atoms with Gasteiger partial charge < -0.3 is 11.1 Å². The molecule has 1 amide bonds. The lowest BCUT2D eigenvalue weighted by Gasteiger charge is -2.16. The van der Waals surface area contributed by atoms with Crippen molar-refractivity contribution in [2.45, 2.75) is 33.2 Å². The van der Waals surface area contributed by atoms with Gasteiger partial charge in [-0.15, -0.1) is 0 Å². The molecule has 0 bridgehead atoms. The van der Waals surface area contributed by atoms with Gasteiger partial charge in [0.1, 0.15) is 0 Å². The van der Waals surface area contributed by atoms with Crippen LogP contribution in [0.1, 0.15) is 32.3 Å². The molecule has 0 aliphatic heterocycles. The number of hydrogen-bond donors (Lipinski definition) is 2. The van der Waals surface area contributed by atoms with Gasteiger partial charge in [0.15, 0.2) is 0 Å². The number of rotatable bonds is 7. The quantitative estimate of drug-likeness (QED) is 0.778. The average molecular weight is 248 g/mol.